The predicted octanol–water partition coefficient (Wildman–Crippen LogP) is 3.29. The first-order chi connectivity index (χ1) is 11.7. The van der Waals surface area contributed by atoms with Crippen LogP contribution in [0.5, 0.6) is 11.5 Å². The monoisotopic (exact) mass is 340 g/mol. The summed E-state index contributed by atoms with van der Waals surface area (Å²) >= 11 is 6.17. The summed E-state index contributed by atoms with van der Waals surface area (Å²) in [5.74, 6) is 0.618. The van der Waals surface area contributed by atoms with Crippen molar-refractivity contribution < 1.29 is 14.3 Å². The van der Waals surface area contributed by atoms with Gasteiger partial charge < -0.3 is 14.8 Å². The van der Waals surface area contributed by atoms with E-state index >= 15 is 0 Å². The Labute approximate surface area is 144 Å². The molecule has 24 heavy (non-hydrogen) atoms. The van der Waals surface area contributed by atoms with Crippen LogP contribution in [0.2, 0.25) is 5.02 Å². The van der Waals surface area contributed by atoms with Crippen molar-refractivity contribution in [3.8, 4) is 17.6 Å². The van der Waals surface area contributed by atoms with Gasteiger partial charge in [-0.15, -0.1) is 0 Å². The van der Waals surface area contributed by atoms with E-state index in [1.165, 1.54) is 6.08 Å². The van der Waals surface area contributed by atoms with Gasteiger partial charge in [0, 0.05) is 12.6 Å². The van der Waals surface area contributed by atoms with Crippen LogP contribution in [0, 0.1) is 11.3 Å². The molecule has 0 saturated heterocycles. The van der Waals surface area contributed by atoms with Crippen LogP contribution in [-0.4, -0.2) is 12.7 Å². The minimum absolute atomic E-state index is 0.0355. The number of fused-ring (bicyclic) bond motifs is 1. The summed E-state index contributed by atoms with van der Waals surface area (Å²) in [5.41, 5.74) is 1.43. The molecule has 1 aliphatic rings. The van der Waals surface area contributed by atoms with Crippen molar-refractivity contribution in [1.29, 1.82) is 5.26 Å². The Hall–Kier alpha value is -2.97. The largest absolute Gasteiger partial charge is 0.454 e. The SMILES string of the molecule is N#CC(=Cc1cc2c(cc1Cl)OCO2)C(=O)NCc1ccccc1. The summed E-state index contributed by atoms with van der Waals surface area (Å²) in [7, 11) is 0. The van der Waals surface area contributed by atoms with Gasteiger partial charge in [-0.2, -0.15) is 5.26 Å². The van der Waals surface area contributed by atoms with Crippen LogP contribution in [0.4, 0.5) is 0 Å². The van der Waals surface area contributed by atoms with Crippen molar-refractivity contribution in [2.24, 2.45) is 0 Å². The molecular formula is C18H13ClN2O3. The zero-order chi connectivity index (χ0) is 16.9. The summed E-state index contributed by atoms with van der Waals surface area (Å²) in [5, 5.41) is 12.4. The van der Waals surface area contributed by atoms with E-state index in [1.807, 2.05) is 36.4 Å². The van der Waals surface area contributed by atoms with Crippen LogP contribution in [0.25, 0.3) is 6.08 Å². The van der Waals surface area contributed by atoms with Gasteiger partial charge in [-0.25, -0.2) is 0 Å². The highest BCUT2D eigenvalue weighted by molar-refractivity contribution is 6.32. The van der Waals surface area contributed by atoms with E-state index in [2.05, 4.69) is 5.32 Å². The first-order valence-corrected chi connectivity index (χ1v) is 7.58. The lowest BCUT2D eigenvalue weighted by Gasteiger charge is -2.05. The molecule has 2 aromatic carbocycles. The molecule has 2 aromatic rings. The number of nitrogens with one attached hydrogen (secondary N) is 1. The normalized spacial score (nSPS) is 12.6. The fraction of sp³-hybridized carbons (Fsp3) is 0.111. The number of carbonyl (C=O) groups excluding carboxylic acids is 1. The number of benzene rings is 2. The van der Waals surface area contributed by atoms with Gasteiger partial charge in [0.2, 0.25) is 6.79 Å². The zero-order valence-corrected chi connectivity index (χ0v) is 13.3. The number of carbonyl (C=O) groups is 1. The molecule has 0 aromatic heterocycles. The maximum atomic E-state index is 12.2. The fourth-order valence-corrected chi connectivity index (χ4v) is 2.43. The average Bonchev–Trinajstić information content (AvgIpc) is 3.05. The molecule has 3 rings (SSSR count). The van der Waals surface area contributed by atoms with Crippen molar-refractivity contribution >= 4 is 23.6 Å². The minimum atomic E-state index is -0.463. The number of nitrogens with zero attached hydrogens (tertiary/aromatic N) is 1. The predicted molar refractivity (Wildman–Crippen MR) is 89.5 cm³/mol. The summed E-state index contributed by atoms with van der Waals surface area (Å²) in [6, 6.07) is 14.6. The van der Waals surface area contributed by atoms with Crippen molar-refractivity contribution in [3.05, 3.63) is 64.2 Å². The van der Waals surface area contributed by atoms with Crippen molar-refractivity contribution in [2.75, 3.05) is 6.79 Å². The summed E-state index contributed by atoms with van der Waals surface area (Å²) in [6.45, 7) is 0.467. The second-order valence-corrected chi connectivity index (χ2v) is 5.47. The third-order valence-corrected chi connectivity index (χ3v) is 3.78. The summed E-state index contributed by atoms with van der Waals surface area (Å²) < 4.78 is 10.5. The highest BCUT2D eigenvalue weighted by Crippen LogP contribution is 2.37. The Morgan fingerprint density at radius 1 is 1.25 bits per heavy atom. The van der Waals surface area contributed by atoms with Crippen LogP contribution in [0.15, 0.2) is 48.0 Å². The molecule has 1 heterocycles. The molecule has 0 bridgehead atoms. The molecule has 6 heteroatoms. The summed E-state index contributed by atoms with van der Waals surface area (Å²) in [4.78, 5) is 12.2. The minimum Gasteiger partial charge on any atom is -0.454 e. The number of amides is 1. The van der Waals surface area contributed by atoms with E-state index in [4.69, 9.17) is 21.1 Å². The number of nitriles is 1. The maximum absolute atomic E-state index is 12.2. The van der Waals surface area contributed by atoms with Gasteiger partial charge >= 0.3 is 0 Å². The Bertz CT molecular complexity index is 841. The average molecular weight is 341 g/mol. The number of halogens is 1. The highest BCUT2D eigenvalue weighted by Gasteiger charge is 2.17. The fourth-order valence-electron chi connectivity index (χ4n) is 2.22. The lowest BCUT2D eigenvalue weighted by atomic mass is 10.1. The van der Waals surface area contributed by atoms with Gasteiger partial charge in [0.05, 0.1) is 5.02 Å². The Morgan fingerprint density at radius 3 is 2.67 bits per heavy atom. The van der Waals surface area contributed by atoms with E-state index in [1.54, 1.807) is 12.1 Å². The number of rotatable bonds is 4. The number of hydrogen-bond acceptors (Lipinski definition) is 4. The van der Waals surface area contributed by atoms with Crippen LogP contribution in [-0.2, 0) is 11.3 Å². The first-order valence-electron chi connectivity index (χ1n) is 7.20. The molecule has 5 nitrogen and oxygen atoms in total. The highest BCUT2D eigenvalue weighted by atomic mass is 35.5. The second kappa shape index (κ2) is 7.07. The number of hydrogen-bond donors (Lipinski definition) is 1. The van der Waals surface area contributed by atoms with Crippen molar-refractivity contribution in [2.45, 2.75) is 6.54 Å². The molecule has 0 atom stereocenters. The van der Waals surface area contributed by atoms with Gasteiger partial charge in [-0.05, 0) is 23.3 Å². The van der Waals surface area contributed by atoms with Crippen molar-refractivity contribution in [3.63, 3.8) is 0 Å². The standard InChI is InChI=1S/C18H13ClN2O3/c19-15-8-17-16(23-11-24-17)7-13(15)6-14(9-20)18(22)21-10-12-4-2-1-3-5-12/h1-8H,10-11H2,(H,21,22). The molecule has 1 N–H and O–H groups in total. The molecule has 0 saturated carbocycles. The molecule has 0 fully saturated rings. The molecule has 120 valence electrons. The number of ether oxygens (including phenoxy) is 2. The maximum Gasteiger partial charge on any atom is 0.262 e. The van der Waals surface area contributed by atoms with Crippen LogP contribution in [0.1, 0.15) is 11.1 Å². The topological polar surface area (TPSA) is 71.3 Å². The van der Waals surface area contributed by atoms with Gasteiger partial charge in [0.25, 0.3) is 5.91 Å². The smallest absolute Gasteiger partial charge is 0.262 e. The molecule has 0 aliphatic carbocycles. The molecule has 1 amide bonds. The first kappa shape index (κ1) is 15.9. The van der Waals surface area contributed by atoms with Crippen LogP contribution >= 0.6 is 11.6 Å². The molecule has 0 spiro atoms. The lowest BCUT2D eigenvalue weighted by Crippen LogP contribution is -2.23. The van der Waals surface area contributed by atoms with E-state index in [9.17, 15) is 10.1 Å². The zero-order valence-electron chi connectivity index (χ0n) is 12.6. The third-order valence-electron chi connectivity index (χ3n) is 3.45. The molecular weight excluding hydrogens is 328 g/mol. The Morgan fingerprint density at radius 2 is 1.96 bits per heavy atom. The van der Waals surface area contributed by atoms with Gasteiger partial charge in [0.15, 0.2) is 11.5 Å². The second-order valence-electron chi connectivity index (χ2n) is 5.07. The van der Waals surface area contributed by atoms with Crippen LogP contribution < -0.4 is 14.8 Å². The van der Waals surface area contributed by atoms with Crippen molar-refractivity contribution in [1.82, 2.24) is 5.32 Å². The van der Waals surface area contributed by atoms with Gasteiger partial charge in [-0.1, -0.05) is 41.9 Å². The van der Waals surface area contributed by atoms with Gasteiger partial charge in [-0.3, -0.25) is 4.79 Å². The van der Waals surface area contributed by atoms with E-state index in [0.29, 0.717) is 28.6 Å². The quantitative estimate of drug-likeness (QED) is 0.684. The Kier molecular flexibility index (Phi) is 4.69. The Balaban J connectivity index is 1.77. The van der Waals surface area contributed by atoms with E-state index in [-0.39, 0.29) is 12.4 Å². The van der Waals surface area contributed by atoms with Crippen LogP contribution in [0.3, 0.4) is 0 Å². The molecule has 1 aliphatic heterocycles. The van der Waals surface area contributed by atoms with Gasteiger partial charge in [0.1, 0.15) is 11.6 Å². The van der Waals surface area contributed by atoms with E-state index < -0.39 is 5.91 Å². The lowest BCUT2D eigenvalue weighted by molar-refractivity contribution is -0.117. The molecule has 0 radical (unpaired) electrons. The van der Waals surface area contributed by atoms with E-state index in [0.717, 1.165) is 5.56 Å². The molecule has 0 unspecified atom stereocenters. The third kappa shape index (κ3) is 3.50. The summed E-state index contributed by atoms with van der Waals surface area (Å²) in [6.07, 6.45) is 1.44.